The zero-order valence-corrected chi connectivity index (χ0v) is 12.1. The first kappa shape index (κ1) is 15.3. The monoisotopic (exact) mass is 309 g/mol. The molecule has 1 heterocycles. The van der Waals surface area contributed by atoms with Gasteiger partial charge in [-0.2, -0.15) is 0 Å². The van der Waals surface area contributed by atoms with E-state index in [4.69, 9.17) is 9.62 Å². The van der Waals surface area contributed by atoms with E-state index in [-0.39, 0.29) is 17.1 Å². The van der Waals surface area contributed by atoms with Crippen molar-refractivity contribution < 1.29 is 22.8 Å². The summed E-state index contributed by atoms with van der Waals surface area (Å²) < 4.78 is 30.2. The van der Waals surface area contributed by atoms with E-state index in [1.165, 1.54) is 24.7 Å². The Kier molecular flexibility index (Phi) is 4.44. The summed E-state index contributed by atoms with van der Waals surface area (Å²) in [5.74, 6) is -0.766. The molecule has 1 aromatic carbocycles. The van der Waals surface area contributed by atoms with Gasteiger partial charge in [0.15, 0.2) is 15.1 Å². The number of carbonyl (C=O) groups is 1. The second kappa shape index (κ2) is 6.11. The highest BCUT2D eigenvalue weighted by Crippen LogP contribution is 2.23. The van der Waals surface area contributed by atoms with E-state index in [1.807, 2.05) is 0 Å². The van der Waals surface area contributed by atoms with Crippen molar-refractivity contribution in [2.75, 3.05) is 0 Å². The van der Waals surface area contributed by atoms with Gasteiger partial charge < -0.3 is 4.42 Å². The molecule has 0 aliphatic heterocycles. The molecule has 2 rings (SSSR count). The predicted molar refractivity (Wildman–Crippen MR) is 74.5 cm³/mol. The Labute approximate surface area is 122 Å². The Morgan fingerprint density at radius 2 is 1.95 bits per heavy atom. The quantitative estimate of drug-likeness (QED) is 0.644. The SMILES string of the molecule is Cc1occc1S(=O)(=O)C(Cc1ccccc1)C(=O)NO. The van der Waals surface area contributed by atoms with E-state index in [0.717, 1.165) is 0 Å². The summed E-state index contributed by atoms with van der Waals surface area (Å²) in [4.78, 5) is 11.7. The van der Waals surface area contributed by atoms with Crippen molar-refractivity contribution >= 4 is 15.7 Å². The van der Waals surface area contributed by atoms with Gasteiger partial charge in [-0.15, -0.1) is 0 Å². The Hall–Kier alpha value is -2.12. The largest absolute Gasteiger partial charge is 0.468 e. The van der Waals surface area contributed by atoms with Gasteiger partial charge in [0, 0.05) is 0 Å². The molecule has 0 bridgehead atoms. The maximum atomic E-state index is 12.6. The normalized spacial score (nSPS) is 12.9. The number of carbonyl (C=O) groups excluding carboxylic acids is 1. The van der Waals surface area contributed by atoms with E-state index in [2.05, 4.69) is 0 Å². The summed E-state index contributed by atoms with van der Waals surface area (Å²) >= 11 is 0. The lowest BCUT2D eigenvalue weighted by Gasteiger charge is -2.15. The topological polar surface area (TPSA) is 96.6 Å². The summed E-state index contributed by atoms with van der Waals surface area (Å²) in [6, 6.07) is 10.0. The number of benzene rings is 1. The summed E-state index contributed by atoms with van der Waals surface area (Å²) in [5.41, 5.74) is 2.10. The van der Waals surface area contributed by atoms with Crippen LogP contribution in [0.4, 0.5) is 0 Å². The Morgan fingerprint density at radius 1 is 1.29 bits per heavy atom. The van der Waals surface area contributed by atoms with E-state index < -0.39 is 21.0 Å². The fraction of sp³-hybridized carbons (Fsp3) is 0.214. The number of rotatable bonds is 5. The van der Waals surface area contributed by atoms with Crippen molar-refractivity contribution in [1.82, 2.24) is 5.48 Å². The van der Waals surface area contributed by atoms with Crippen LogP contribution in [0.15, 0.2) is 52.0 Å². The van der Waals surface area contributed by atoms with Crippen LogP contribution in [0, 0.1) is 6.92 Å². The molecule has 0 aliphatic rings. The molecule has 1 unspecified atom stereocenters. The minimum Gasteiger partial charge on any atom is -0.468 e. The number of nitrogens with one attached hydrogen (secondary N) is 1. The number of sulfone groups is 1. The summed E-state index contributed by atoms with van der Waals surface area (Å²) in [6.07, 6.45) is 1.21. The second-order valence-corrected chi connectivity index (χ2v) is 6.64. The number of hydrogen-bond acceptors (Lipinski definition) is 5. The summed E-state index contributed by atoms with van der Waals surface area (Å²) in [6.45, 7) is 1.50. The lowest BCUT2D eigenvalue weighted by molar-refractivity contribution is -0.128. The molecule has 21 heavy (non-hydrogen) atoms. The van der Waals surface area contributed by atoms with Crippen molar-refractivity contribution in [3.8, 4) is 0 Å². The molecule has 0 fully saturated rings. The van der Waals surface area contributed by atoms with E-state index in [1.54, 1.807) is 30.3 Å². The molecule has 2 N–H and O–H groups in total. The lowest BCUT2D eigenvalue weighted by Crippen LogP contribution is -2.40. The number of furan rings is 1. The van der Waals surface area contributed by atoms with E-state index >= 15 is 0 Å². The van der Waals surface area contributed by atoms with Gasteiger partial charge in [0.2, 0.25) is 0 Å². The maximum absolute atomic E-state index is 12.6. The lowest BCUT2D eigenvalue weighted by atomic mass is 10.1. The van der Waals surface area contributed by atoms with Crippen LogP contribution in [-0.4, -0.2) is 24.8 Å². The van der Waals surface area contributed by atoms with Crippen molar-refractivity contribution in [3.05, 3.63) is 54.0 Å². The van der Waals surface area contributed by atoms with Crippen molar-refractivity contribution in [2.45, 2.75) is 23.5 Å². The maximum Gasteiger partial charge on any atom is 0.262 e. The molecule has 0 spiro atoms. The molecule has 1 atom stereocenters. The van der Waals surface area contributed by atoms with Crippen LogP contribution >= 0.6 is 0 Å². The molecule has 6 nitrogen and oxygen atoms in total. The fourth-order valence-electron chi connectivity index (χ4n) is 2.07. The first-order chi connectivity index (χ1) is 9.96. The molecule has 0 aliphatic carbocycles. The number of hydroxylamine groups is 1. The molecular formula is C14H15NO5S. The van der Waals surface area contributed by atoms with Crippen LogP contribution in [0.25, 0.3) is 0 Å². The highest BCUT2D eigenvalue weighted by Gasteiger charge is 2.36. The third kappa shape index (κ3) is 3.14. The molecular weight excluding hydrogens is 294 g/mol. The molecule has 112 valence electrons. The van der Waals surface area contributed by atoms with Crippen molar-refractivity contribution in [3.63, 3.8) is 0 Å². The first-order valence-corrected chi connectivity index (χ1v) is 7.77. The molecule has 0 radical (unpaired) electrons. The number of hydrogen-bond donors (Lipinski definition) is 2. The summed E-state index contributed by atoms with van der Waals surface area (Å²) in [5, 5.41) is 7.40. The zero-order chi connectivity index (χ0) is 15.5. The fourth-order valence-corrected chi connectivity index (χ4v) is 3.81. The van der Waals surface area contributed by atoms with Gasteiger partial charge in [-0.3, -0.25) is 10.0 Å². The molecule has 1 amide bonds. The summed E-state index contributed by atoms with van der Waals surface area (Å²) in [7, 11) is -3.96. The van der Waals surface area contributed by atoms with Gasteiger partial charge >= 0.3 is 0 Å². The molecule has 0 saturated heterocycles. The van der Waals surface area contributed by atoms with Crippen LogP contribution in [0.2, 0.25) is 0 Å². The minimum absolute atomic E-state index is 0.0415. The highest BCUT2D eigenvalue weighted by molar-refractivity contribution is 7.92. The van der Waals surface area contributed by atoms with Crippen molar-refractivity contribution in [2.24, 2.45) is 0 Å². The van der Waals surface area contributed by atoms with Crippen LogP contribution < -0.4 is 5.48 Å². The van der Waals surface area contributed by atoms with Gasteiger partial charge in [-0.25, -0.2) is 13.9 Å². The molecule has 0 saturated carbocycles. The van der Waals surface area contributed by atoms with E-state index in [9.17, 15) is 13.2 Å². The Balaban J connectivity index is 2.41. The van der Waals surface area contributed by atoms with Crippen LogP contribution in [-0.2, 0) is 21.1 Å². The Bertz CT molecular complexity index is 721. The van der Waals surface area contributed by atoms with Gasteiger partial charge in [-0.1, -0.05) is 30.3 Å². The zero-order valence-electron chi connectivity index (χ0n) is 11.3. The average Bonchev–Trinajstić information content (AvgIpc) is 2.92. The number of aryl methyl sites for hydroxylation is 1. The first-order valence-electron chi connectivity index (χ1n) is 6.22. The van der Waals surface area contributed by atoms with E-state index in [0.29, 0.717) is 5.56 Å². The second-order valence-electron chi connectivity index (χ2n) is 4.54. The third-order valence-corrected chi connectivity index (χ3v) is 5.33. The van der Waals surface area contributed by atoms with Crippen LogP contribution in [0.5, 0.6) is 0 Å². The third-order valence-electron chi connectivity index (χ3n) is 3.16. The van der Waals surface area contributed by atoms with Gasteiger partial charge in [0.05, 0.1) is 6.26 Å². The van der Waals surface area contributed by atoms with Gasteiger partial charge in [-0.05, 0) is 25.0 Å². The van der Waals surface area contributed by atoms with Crippen LogP contribution in [0.1, 0.15) is 11.3 Å². The van der Waals surface area contributed by atoms with Gasteiger partial charge in [0.25, 0.3) is 5.91 Å². The number of amides is 1. The van der Waals surface area contributed by atoms with Crippen LogP contribution in [0.3, 0.4) is 0 Å². The molecule has 2 aromatic rings. The minimum atomic E-state index is -3.96. The standard InChI is InChI=1S/C14H15NO5S/c1-10-12(7-8-20-10)21(18,19)13(14(16)15-17)9-11-5-3-2-4-6-11/h2-8,13,17H,9H2,1H3,(H,15,16). The average molecular weight is 309 g/mol. The molecule has 1 aromatic heterocycles. The predicted octanol–water partition coefficient (Wildman–Crippen LogP) is 1.48. The smallest absolute Gasteiger partial charge is 0.262 e. The molecule has 7 heteroatoms. The Morgan fingerprint density at radius 3 is 2.48 bits per heavy atom. The van der Waals surface area contributed by atoms with Gasteiger partial charge in [0.1, 0.15) is 10.7 Å². The van der Waals surface area contributed by atoms with Crippen molar-refractivity contribution in [1.29, 1.82) is 0 Å². The highest BCUT2D eigenvalue weighted by atomic mass is 32.2.